The van der Waals surface area contributed by atoms with Crippen molar-refractivity contribution in [3.8, 4) is 0 Å². The first-order chi connectivity index (χ1) is 7.52. The van der Waals surface area contributed by atoms with E-state index < -0.39 is 6.04 Å². The maximum absolute atomic E-state index is 11.7. The van der Waals surface area contributed by atoms with Crippen LogP contribution in [0.25, 0.3) is 0 Å². The Labute approximate surface area is 96.3 Å². The Morgan fingerprint density at radius 2 is 2.06 bits per heavy atom. The normalized spacial score (nSPS) is 14.6. The average Bonchev–Trinajstić information content (AvgIpc) is 2.28. The van der Waals surface area contributed by atoms with Crippen LogP contribution in [0.3, 0.4) is 0 Å². The van der Waals surface area contributed by atoms with E-state index in [-0.39, 0.29) is 17.9 Å². The van der Waals surface area contributed by atoms with Crippen LogP contribution in [0.5, 0.6) is 0 Å². The van der Waals surface area contributed by atoms with Gasteiger partial charge in [-0.05, 0) is 25.0 Å². The monoisotopic (exact) mass is 221 g/mol. The Kier molecular flexibility index (Phi) is 4.43. The van der Waals surface area contributed by atoms with Gasteiger partial charge in [0.15, 0.2) is 0 Å². The summed E-state index contributed by atoms with van der Waals surface area (Å²) in [7, 11) is 0. The highest BCUT2D eigenvalue weighted by molar-refractivity contribution is 5.82. The van der Waals surface area contributed by atoms with E-state index in [0.717, 1.165) is 5.69 Å². The van der Waals surface area contributed by atoms with E-state index in [4.69, 9.17) is 5.73 Å². The van der Waals surface area contributed by atoms with Crippen LogP contribution < -0.4 is 11.1 Å². The molecule has 0 aliphatic carbocycles. The number of nitrogens with zero attached hydrogens (tertiary/aromatic N) is 1. The van der Waals surface area contributed by atoms with Crippen LogP contribution in [0.2, 0.25) is 0 Å². The highest BCUT2D eigenvalue weighted by atomic mass is 16.2. The first-order valence-corrected chi connectivity index (χ1v) is 5.49. The van der Waals surface area contributed by atoms with E-state index in [9.17, 15) is 4.79 Å². The van der Waals surface area contributed by atoms with Gasteiger partial charge in [0.05, 0.1) is 17.8 Å². The molecule has 0 spiro atoms. The molecule has 0 radical (unpaired) electrons. The molecule has 4 nitrogen and oxygen atoms in total. The lowest BCUT2D eigenvalue weighted by Gasteiger charge is -2.19. The Bertz CT molecular complexity index is 337. The summed E-state index contributed by atoms with van der Waals surface area (Å²) in [6.45, 7) is 5.75. The zero-order valence-corrected chi connectivity index (χ0v) is 9.97. The average molecular weight is 221 g/mol. The second-order valence-corrected chi connectivity index (χ2v) is 4.25. The summed E-state index contributed by atoms with van der Waals surface area (Å²) in [6, 6.07) is 5.04. The predicted molar refractivity (Wildman–Crippen MR) is 63.6 cm³/mol. The van der Waals surface area contributed by atoms with E-state index in [0.29, 0.717) is 0 Å². The molecule has 16 heavy (non-hydrogen) atoms. The number of nitrogens with two attached hydrogens (primary N) is 1. The van der Waals surface area contributed by atoms with E-state index in [2.05, 4.69) is 10.3 Å². The van der Waals surface area contributed by atoms with Crippen molar-refractivity contribution < 1.29 is 4.79 Å². The number of carbonyl (C=O) groups excluding carboxylic acids is 1. The van der Waals surface area contributed by atoms with Crippen molar-refractivity contribution >= 4 is 5.91 Å². The molecule has 0 saturated carbocycles. The number of pyridine rings is 1. The van der Waals surface area contributed by atoms with Gasteiger partial charge in [-0.1, -0.05) is 19.9 Å². The zero-order chi connectivity index (χ0) is 12.1. The number of rotatable bonds is 4. The van der Waals surface area contributed by atoms with Gasteiger partial charge in [-0.2, -0.15) is 0 Å². The van der Waals surface area contributed by atoms with E-state index in [1.807, 2.05) is 39.0 Å². The Balaban J connectivity index is 2.58. The van der Waals surface area contributed by atoms with Crippen LogP contribution in [-0.4, -0.2) is 16.9 Å². The fraction of sp³-hybridized carbons (Fsp3) is 0.500. The molecular weight excluding hydrogens is 202 g/mol. The van der Waals surface area contributed by atoms with Gasteiger partial charge in [0, 0.05) is 6.20 Å². The standard InChI is InChI=1S/C12H19N3O/c1-8(2)11(13)12(16)15-9(3)10-6-4-5-7-14-10/h4-9,11H,13H2,1-3H3,(H,15,16)/t9?,11-/m1/s1. The van der Waals surface area contributed by atoms with Crippen LogP contribution in [-0.2, 0) is 4.79 Å². The molecule has 1 aromatic rings. The Morgan fingerprint density at radius 3 is 2.56 bits per heavy atom. The van der Waals surface area contributed by atoms with Gasteiger partial charge < -0.3 is 11.1 Å². The number of carbonyl (C=O) groups is 1. The molecule has 0 saturated heterocycles. The molecule has 0 aromatic carbocycles. The molecule has 3 N–H and O–H groups in total. The van der Waals surface area contributed by atoms with Gasteiger partial charge in [0.25, 0.3) is 0 Å². The van der Waals surface area contributed by atoms with Crippen molar-refractivity contribution in [3.05, 3.63) is 30.1 Å². The Morgan fingerprint density at radius 1 is 1.38 bits per heavy atom. The third-order valence-corrected chi connectivity index (χ3v) is 2.51. The molecule has 1 unspecified atom stereocenters. The molecule has 4 heteroatoms. The maximum atomic E-state index is 11.7. The summed E-state index contributed by atoms with van der Waals surface area (Å²) >= 11 is 0. The van der Waals surface area contributed by atoms with Crippen LogP contribution >= 0.6 is 0 Å². The second-order valence-electron chi connectivity index (χ2n) is 4.25. The van der Waals surface area contributed by atoms with E-state index >= 15 is 0 Å². The van der Waals surface area contributed by atoms with Crippen molar-refractivity contribution in [2.45, 2.75) is 32.9 Å². The van der Waals surface area contributed by atoms with E-state index in [1.165, 1.54) is 0 Å². The zero-order valence-electron chi connectivity index (χ0n) is 9.97. The Hall–Kier alpha value is -1.42. The molecule has 1 aromatic heterocycles. The van der Waals surface area contributed by atoms with Crippen LogP contribution in [0.4, 0.5) is 0 Å². The summed E-state index contributed by atoms with van der Waals surface area (Å²) in [5.41, 5.74) is 6.59. The number of nitrogens with one attached hydrogen (secondary N) is 1. The summed E-state index contributed by atoms with van der Waals surface area (Å²) in [6.07, 6.45) is 1.71. The molecule has 1 heterocycles. The van der Waals surface area contributed by atoms with Gasteiger partial charge in [-0.25, -0.2) is 0 Å². The van der Waals surface area contributed by atoms with Gasteiger partial charge in [-0.15, -0.1) is 0 Å². The molecule has 0 aliphatic rings. The molecule has 88 valence electrons. The first-order valence-electron chi connectivity index (χ1n) is 5.49. The summed E-state index contributed by atoms with van der Waals surface area (Å²) in [4.78, 5) is 15.9. The van der Waals surface area contributed by atoms with Crippen molar-refractivity contribution in [2.24, 2.45) is 11.7 Å². The largest absolute Gasteiger partial charge is 0.347 e. The van der Waals surface area contributed by atoms with Crippen LogP contribution in [0.15, 0.2) is 24.4 Å². The second kappa shape index (κ2) is 5.61. The van der Waals surface area contributed by atoms with Crippen LogP contribution in [0.1, 0.15) is 32.5 Å². The number of hydrogen-bond donors (Lipinski definition) is 2. The topological polar surface area (TPSA) is 68.0 Å². The van der Waals surface area contributed by atoms with Gasteiger partial charge in [0.2, 0.25) is 5.91 Å². The third-order valence-electron chi connectivity index (χ3n) is 2.51. The summed E-state index contributed by atoms with van der Waals surface area (Å²) < 4.78 is 0. The molecule has 0 fully saturated rings. The highest BCUT2D eigenvalue weighted by Crippen LogP contribution is 2.09. The fourth-order valence-electron chi connectivity index (χ4n) is 1.32. The number of aromatic nitrogens is 1. The highest BCUT2D eigenvalue weighted by Gasteiger charge is 2.19. The van der Waals surface area contributed by atoms with Crippen molar-refractivity contribution in [1.82, 2.24) is 10.3 Å². The summed E-state index contributed by atoms with van der Waals surface area (Å²) in [5, 5.41) is 2.85. The quantitative estimate of drug-likeness (QED) is 0.803. The molecule has 2 atom stereocenters. The maximum Gasteiger partial charge on any atom is 0.237 e. The molecule has 0 bridgehead atoms. The molecule has 1 rings (SSSR count). The van der Waals surface area contributed by atoms with Gasteiger partial charge in [-0.3, -0.25) is 9.78 Å². The van der Waals surface area contributed by atoms with Crippen LogP contribution in [0, 0.1) is 5.92 Å². The smallest absolute Gasteiger partial charge is 0.237 e. The van der Waals surface area contributed by atoms with Gasteiger partial charge >= 0.3 is 0 Å². The summed E-state index contributed by atoms with van der Waals surface area (Å²) in [5.74, 6) is 0.00378. The molecular formula is C12H19N3O. The number of hydrogen-bond acceptors (Lipinski definition) is 3. The fourth-order valence-corrected chi connectivity index (χ4v) is 1.32. The first kappa shape index (κ1) is 12.6. The lowest BCUT2D eigenvalue weighted by Crippen LogP contribution is -2.44. The lowest BCUT2D eigenvalue weighted by molar-refractivity contribution is -0.123. The minimum atomic E-state index is -0.467. The number of amides is 1. The van der Waals surface area contributed by atoms with Crippen molar-refractivity contribution in [2.75, 3.05) is 0 Å². The van der Waals surface area contributed by atoms with Crippen molar-refractivity contribution in [3.63, 3.8) is 0 Å². The minimum Gasteiger partial charge on any atom is -0.347 e. The van der Waals surface area contributed by atoms with Crippen molar-refractivity contribution in [1.29, 1.82) is 0 Å². The minimum absolute atomic E-state index is 0.113. The SMILES string of the molecule is CC(NC(=O)[C@H](N)C(C)C)c1ccccn1. The molecule has 1 amide bonds. The lowest BCUT2D eigenvalue weighted by atomic mass is 10.0. The van der Waals surface area contributed by atoms with E-state index in [1.54, 1.807) is 6.20 Å². The molecule has 0 aliphatic heterocycles. The predicted octanol–water partition coefficient (Wildman–Crippen LogP) is 1.24. The van der Waals surface area contributed by atoms with Gasteiger partial charge in [0.1, 0.15) is 0 Å². The third kappa shape index (κ3) is 3.31.